The molecule has 0 spiro atoms. The first-order valence-electron chi connectivity index (χ1n) is 22.7. The van der Waals surface area contributed by atoms with E-state index in [0.29, 0.717) is 0 Å². The second-order valence-corrected chi connectivity index (χ2v) is 16.9. The Labute approximate surface area is 385 Å². The van der Waals surface area contributed by atoms with E-state index >= 15 is 0 Å². The second-order valence-electron chi connectivity index (χ2n) is 16.9. The number of hydrogen-bond donors (Lipinski definition) is 0. The fourth-order valence-electron chi connectivity index (χ4n) is 9.90. The van der Waals surface area contributed by atoms with Crippen LogP contribution in [0, 0.1) is 0 Å². The standard InChI is InChI=1S/C64H44N2/c1-5-20-45(21-6-1)51-40-52(46-22-7-2-8-23-46)42-53(41-51)47-36-38-55(39-37-47)65(60-34-17-15-31-57(60)48-24-9-3-10-25-48)56-30-19-27-50(43-56)63-58-32-14-13-26-49(58)44-62-64(63)59-33-16-18-35-61(59)66(62)54-28-11-4-12-29-54/h1-44H. The molecule has 0 saturated carbocycles. The van der Waals surface area contributed by atoms with E-state index in [-0.39, 0.29) is 0 Å². The Hall–Kier alpha value is -8.72. The van der Waals surface area contributed by atoms with E-state index < -0.39 is 0 Å². The van der Waals surface area contributed by atoms with Gasteiger partial charge in [0.1, 0.15) is 0 Å². The van der Waals surface area contributed by atoms with Crippen LogP contribution in [-0.4, -0.2) is 4.57 Å². The molecule has 0 unspecified atom stereocenters. The molecule has 0 N–H and O–H groups in total. The highest BCUT2D eigenvalue weighted by molar-refractivity contribution is 6.23. The molecule has 0 radical (unpaired) electrons. The number of anilines is 3. The van der Waals surface area contributed by atoms with E-state index in [0.717, 1.165) is 39.4 Å². The maximum Gasteiger partial charge on any atom is 0.0553 e. The molecule has 0 aliphatic rings. The van der Waals surface area contributed by atoms with Crippen LogP contribution in [0.4, 0.5) is 17.1 Å². The number of para-hydroxylation sites is 3. The van der Waals surface area contributed by atoms with E-state index in [1.54, 1.807) is 0 Å². The molecule has 0 aliphatic carbocycles. The monoisotopic (exact) mass is 840 g/mol. The predicted octanol–water partition coefficient (Wildman–Crippen LogP) is 17.7. The van der Waals surface area contributed by atoms with Crippen molar-refractivity contribution >= 4 is 49.6 Å². The Morgan fingerprint density at radius 1 is 0.288 bits per heavy atom. The average Bonchev–Trinajstić information content (AvgIpc) is 3.73. The lowest BCUT2D eigenvalue weighted by Crippen LogP contribution is -2.11. The predicted molar refractivity (Wildman–Crippen MR) is 280 cm³/mol. The first-order chi connectivity index (χ1) is 32.7. The third-order valence-corrected chi connectivity index (χ3v) is 12.9. The molecule has 11 aromatic carbocycles. The van der Waals surface area contributed by atoms with E-state index in [9.17, 15) is 0 Å². The number of hydrogen-bond acceptors (Lipinski definition) is 1. The fourth-order valence-corrected chi connectivity index (χ4v) is 9.90. The summed E-state index contributed by atoms with van der Waals surface area (Å²) in [4.78, 5) is 2.43. The van der Waals surface area contributed by atoms with Gasteiger partial charge < -0.3 is 9.47 Å². The Bertz CT molecular complexity index is 3610. The minimum absolute atomic E-state index is 1.07. The SMILES string of the molecule is c1ccc(-c2cc(-c3ccccc3)cc(-c3ccc(N(c4cccc(-c5c6ccccc6cc6c5c5ccccc5n6-c5ccccc5)c4)c4ccccc4-c4ccccc4)cc3)c2)cc1. The van der Waals surface area contributed by atoms with E-state index in [1.807, 2.05) is 0 Å². The number of aromatic nitrogens is 1. The van der Waals surface area contributed by atoms with Gasteiger partial charge in [-0.25, -0.2) is 0 Å². The van der Waals surface area contributed by atoms with Gasteiger partial charge in [-0.2, -0.15) is 0 Å². The van der Waals surface area contributed by atoms with Crippen molar-refractivity contribution in [3.05, 3.63) is 267 Å². The molecule has 12 rings (SSSR count). The number of benzene rings is 11. The molecular weight excluding hydrogens is 797 g/mol. The maximum absolute atomic E-state index is 2.43. The number of rotatable bonds is 9. The third-order valence-electron chi connectivity index (χ3n) is 12.9. The quantitative estimate of drug-likeness (QED) is 0.141. The molecule has 1 aromatic heterocycles. The van der Waals surface area contributed by atoms with Crippen LogP contribution >= 0.6 is 0 Å². The smallest absolute Gasteiger partial charge is 0.0553 e. The molecular formula is C64H44N2. The Morgan fingerprint density at radius 3 is 1.47 bits per heavy atom. The molecule has 310 valence electrons. The van der Waals surface area contributed by atoms with Crippen LogP contribution in [0.5, 0.6) is 0 Å². The molecule has 0 fully saturated rings. The lowest BCUT2D eigenvalue weighted by atomic mass is 9.92. The van der Waals surface area contributed by atoms with Gasteiger partial charge in [0.2, 0.25) is 0 Å². The average molecular weight is 841 g/mol. The van der Waals surface area contributed by atoms with Crippen LogP contribution in [-0.2, 0) is 0 Å². The highest BCUT2D eigenvalue weighted by atomic mass is 15.1. The van der Waals surface area contributed by atoms with Crippen LogP contribution in [0.25, 0.3) is 93.9 Å². The van der Waals surface area contributed by atoms with Crippen molar-refractivity contribution in [3.63, 3.8) is 0 Å². The first kappa shape index (κ1) is 38.9. The molecule has 0 amide bonds. The molecule has 1 heterocycles. The molecule has 2 nitrogen and oxygen atoms in total. The van der Waals surface area contributed by atoms with E-state index in [2.05, 4.69) is 276 Å². The molecule has 0 atom stereocenters. The highest BCUT2D eigenvalue weighted by Gasteiger charge is 2.22. The molecule has 0 bridgehead atoms. The number of fused-ring (bicyclic) bond motifs is 4. The van der Waals surface area contributed by atoms with Gasteiger partial charge in [-0.3, -0.25) is 0 Å². The second kappa shape index (κ2) is 16.8. The van der Waals surface area contributed by atoms with Crippen LogP contribution in [0.1, 0.15) is 0 Å². The first-order valence-corrected chi connectivity index (χ1v) is 22.7. The summed E-state index contributed by atoms with van der Waals surface area (Å²) in [5, 5.41) is 4.92. The summed E-state index contributed by atoms with van der Waals surface area (Å²) >= 11 is 0. The van der Waals surface area contributed by atoms with Crippen molar-refractivity contribution < 1.29 is 0 Å². The Kier molecular flexibility index (Phi) is 9.89. The molecule has 2 heteroatoms. The van der Waals surface area contributed by atoms with E-state index in [1.165, 1.54) is 71.5 Å². The largest absolute Gasteiger partial charge is 0.310 e. The van der Waals surface area contributed by atoms with Gasteiger partial charge in [-0.05, 0) is 134 Å². The lowest BCUT2D eigenvalue weighted by Gasteiger charge is -2.28. The summed E-state index contributed by atoms with van der Waals surface area (Å²) in [5.74, 6) is 0. The van der Waals surface area contributed by atoms with E-state index in [4.69, 9.17) is 0 Å². The van der Waals surface area contributed by atoms with Crippen molar-refractivity contribution in [1.82, 2.24) is 4.57 Å². The topological polar surface area (TPSA) is 8.17 Å². The Morgan fingerprint density at radius 2 is 0.803 bits per heavy atom. The molecule has 0 aliphatic heterocycles. The summed E-state index contributed by atoms with van der Waals surface area (Å²) < 4.78 is 2.42. The van der Waals surface area contributed by atoms with Crippen LogP contribution < -0.4 is 4.90 Å². The van der Waals surface area contributed by atoms with Gasteiger partial charge >= 0.3 is 0 Å². The zero-order valence-electron chi connectivity index (χ0n) is 36.3. The van der Waals surface area contributed by atoms with Crippen LogP contribution in [0.3, 0.4) is 0 Å². The summed E-state index contributed by atoms with van der Waals surface area (Å²) in [6.07, 6.45) is 0. The van der Waals surface area contributed by atoms with Gasteiger partial charge in [-0.15, -0.1) is 0 Å². The zero-order chi connectivity index (χ0) is 43.8. The molecule has 0 saturated heterocycles. The van der Waals surface area contributed by atoms with Crippen molar-refractivity contribution in [2.75, 3.05) is 4.90 Å². The van der Waals surface area contributed by atoms with Crippen molar-refractivity contribution in [2.24, 2.45) is 0 Å². The minimum atomic E-state index is 1.07. The molecule has 66 heavy (non-hydrogen) atoms. The summed E-state index contributed by atoms with van der Waals surface area (Å²) in [6.45, 7) is 0. The van der Waals surface area contributed by atoms with Gasteiger partial charge in [0, 0.05) is 33.4 Å². The molecule has 12 aromatic rings. The van der Waals surface area contributed by atoms with Crippen molar-refractivity contribution in [1.29, 1.82) is 0 Å². The third kappa shape index (κ3) is 7.02. The van der Waals surface area contributed by atoms with Gasteiger partial charge in [-0.1, -0.05) is 194 Å². The normalized spacial score (nSPS) is 11.3. The van der Waals surface area contributed by atoms with Gasteiger partial charge in [0.15, 0.2) is 0 Å². The van der Waals surface area contributed by atoms with Crippen molar-refractivity contribution in [3.8, 4) is 61.3 Å². The lowest BCUT2D eigenvalue weighted by molar-refractivity contribution is 1.18. The van der Waals surface area contributed by atoms with Crippen molar-refractivity contribution in [2.45, 2.75) is 0 Å². The van der Waals surface area contributed by atoms with Crippen LogP contribution in [0.15, 0.2) is 267 Å². The van der Waals surface area contributed by atoms with Crippen LogP contribution in [0.2, 0.25) is 0 Å². The zero-order valence-corrected chi connectivity index (χ0v) is 36.3. The highest BCUT2D eigenvalue weighted by Crippen LogP contribution is 2.46. The minimum Gasteiger partial charge on any atom is -0.310 e. The maximum atomic E-state index is 2.43. The summed E-state index contributed by atoms with van der Waals surface area (Å²) in [5.41, 5.74) is 18.6. The Balaban J connectivity index is 1.05. The summed E-state index contributed by atoms with van der Waals surface area (Å²) in [7, 11) is 0. The fraction of sp³-hybridized carbons (Fsp3) is 0. The summed E-state index contributed by atoms with van der Waals surface area (Å²) in [6, 6.07) is 96.9. The number of nitrogens with zero attached hydrogens (tertiary/aromatic N) is 2. The van der Waals surface area contributed by atoms with Gasteiger partial charge in [0.05, 0.1) is 16.7 Å². The van der Waals surface area contributed by atoms with Gasteiger partial charge in [0.25, 0.3) is 0 Å².